The second-order valence-electron chi connectivity index (χ2n) is 5.67. The van der Waals surface area contributed by atoms with E-state index in [1.54, 1.807) is 0 Å². The molecule has 2 rings (SSSR count). The zero-order valence-corrected chi connectivity index (χ0v) is 12.3. The Bertz CT molecular complexity index is 456. The van der Waals surface area contributed by atoms with Crippen molar-refractivity contribution in [2.45, 2.75) is 20.3 Å². The van der Waals surface area contributed by atoms with E-state index in [0.29, 0.717) is 6.54 Å². The van der Waals surface area contributed by atoms with Gasteiger partial charge in [0.1, 0.15) is 0 Å². The Morgan fingerprint density at radius 2 is 1.95 bits per heavy atom. The number of hydrogen-bond donors (Lipinski definition) is 0. The standard InChI is InChI=1S/C16H24N2O/c1-13-5-6-14(2)15(11-13)16(19)12-18-8-4-7-17(3)9-10-18/h5-6,11H,4,7-10,12H2,1-3H3. The molecule has 0 spiro atoms. The van der Waals surface area contributed by atoms with Crippen molar-refractivity contribution in [2.75, 3.05) is 39.8 Å². The molecule has 3 nitrogen and oxygen atoms in total. The van der Waals surface area contributed by atoms with Gasteiger partial charge in [0, 0.05) is 18.7 Å². The lowest BCUT2D eigenvalue weighted by Gasteiger charge is -2.19. The topological polar surface area (TPSA) is 23.6 Å². The van der Waals surface area contributed by atoms with E-state index in [1.807, 2.05) is 26.0 Å². The molecule has 0 amide bonds. The Labute approximate surface area is 116 Å². The summed E-state index contributed by atoms with van der Waals surface area (Å²) in [6, 6.07) is 6.12. The first-order valence-electron chi connectivity index (χ1n) is 7.07. The van der Waals surface area contributed by atoms with Crippen molar-refractivity contribution < 1.29 is 4.79 Å². The second-order valence-corrected chi connectivity index (χ2v) is 5.67. The van der Waals surface area contributed by atoms with Gasteiger partial charge in [-0.25, -0.2) is 0 Å². The molecule has 0 aliphatic carbocycles. The van der Waals surface area contributed by atoms with E-state index in [1.165, 1.54) is 0 Å². The first kappa shape index (κ1) is 14.2. The third kappa shape index (κ3) is 3.88. The van der Waals surface area contributed by atoms with Crippen LogP contribution in [0.2, 0.25) is 0 Å². The van der Waals surface area contributed by atoms with Gasteiger partial charge in [0.25, 0.3) is 0 Å². The molecule has 0 unspecified atom stereocenters. The maximum atomic E-state index is 12.4. The van der Waals surface area contributed by atoms with Gasteiger partial charge in [-0.05, 0) is 52.0 Å². The number of likely N-dealkylation sites (N-methyl/N-ethyl adjacent to an activating group) is 1. The van der Waals surface area contributed by atoms with Crippen LogP contribution in [0, 0.1) is 13.8 Å². The van der Waals surface area contributed by atoms with E-state index >= 15 is 0 Å². The minimum atomic E-state index is 0.255. The van der Waals surface area contributed by atoms with Gasteiger partial charge < -0.3 is 4.90 Å². The average Bonchev–Trinajstić information content (AvgIpc) is 2.57. The van der Waals surface area contributed by atoms with E-state index < -0.39 is 0 Å². The van der Waals surface area contributed by atoms with Crippen LogP contribution in [0.1, 0.15) is 27.9 Å². The third-order valence-corrected chi connectivity index (χ3v) is 3.87. The zero-order chi connectivity index (χ0) is 13.8. The van der Waals surface area contributed by atoms with E-state index in [0.717, 1.165) is 49.3 Å². The van der Waals surface area contributed by atoms with Crippen molar-refractivity contribution in [3.63, 3.8) is 0 Å². The fraction of sp³-hybridized carbons (Fsp3) is 0.562. The fourth-order valence-corrected chi connectivity index (χ4v) is 2.58. The van der Waals surface area contributed by atoms with Crippen molar-refractivity contribution >= 4 is 5.78 Å². The lowest BCUT2D eigenvalue weighted by Crippen LogP contribution is -2.33. The maximum absolute atomic E-state index is 12.4. The fourth-order valence-electron chi connectivity index (χ4n) is 2.58. The molecule has 0 bridgehead atoms. The predicted molar refractivity (Wildman–Crippen MR) is 78.8 cm³/mol. The van der Waals surface area contributed by atoms with Crippen LogP contribution in [0.3, 0.4) is 0 Å². The SMILES string of the molecule is Cc1ccc(C)c(C(=O)CN2CCCN(C)CC2)c1. The summed E-state index contributed by atoms with van der Waals surface area (Å²) in [5.74, 6) is 0.255. The van der Waals surface area contributed by atoms with Crippen LogP contribution in [0.4, 0.5) is 0 Å². The molecule has 1 aliphatic heterocycles. The van der Waals surface area contributed by atoms with E-state index in [-0.39, 0.29) is 5.78 Å². The van der Waals surface area contributed by atoms with Crippen LogP contribution < -0.4 is 0 Å². The summed E-state index contributed by atoms with van der Waals surface area (Å²) in [6.07, 6.45) is 1.15. The van der Waals surface area contributed by atoms with Gasteiger partial charge >= 0.3 is 0 Å². The second kappa shape index (κ2) is 6.31. The average molecular weight is 260 g/mol. The highest BCUT2D eigenvalue weighted by molar-refractivity contribution is 5.99. The number of nitrogens with zero attached hydrogens (tertiary/aromatic N) is 2. The molecule has 104 valence electrons. The van der Waals surface area contributed by atoms with Crippen LogP contribution in [-0.4, -0.2) is 55.4 Å². The van der Waals surface area contributed by atoms with Gasteiger partial charge in [-0.2, -0.15) is 0 Å². The lowest BCUT2D eigenvalue weighted by atomic mass is 10.0. The molecule has 1 aromatic rings. The van der Waals surface area contributed by atoms with Crippen molar-refractivity contribution in [3.05, 3.63) is 34.9 Å². The molecule has 0 radical (unpaired) electrons. The van der Waals surface area contributed by atoms with Crippen LogP contribution in [0.25, 0.3) is 0 Å². The van der Waals surface area contributed by atoms with Gasteiger partial charge in [0.05, 0.1) is 6.54 Å². The molecule has 1 aliphatic rings. The predicted octanol–water partition coefficient (Wildman–Crippen LogP) is 2.12. The number of Topliss-reactive ketones (excluding diaryl/α,β-unsaturated/α-hetero) is 1. The minimum Gasteiger partial charge on any atom is -0.305 e. The molecule has 1 aromatic carbocycles. The van der Waals surface area contributed by atoms with Crippen molar-refractivity contribution in [1.82, 2.24) is 9.80 Å². The van der Waals surface area contributed by atoms with Crippen molar-refractivity contribution in [1.29, 1.82) is 0 Å². The largest absolute Gasteiger partial charge is 0.305 e. The van der Waals surface area contributed by atoms with E-state index in [2.05, 4.69) is 22.9 Å². The third-order valence-electron chi connectivity index (χ3n) is 3.87. The lowest BCUT2D eigenvalue weighted by molar-refractivity contribution is 0.0932. The molecule has 1 saturated heterocycles. The number of aryl methyl sites for hydroxylation is 2. The summed E-state index contributed by atoms with van der Waals surface area (Å²) in [7, 11) is 2.15. The van der Waals surface area contributed by atoms with Crippen LogP contribution >= 0.6 is 0 Å². The highest BCUT2D eigenvalue weighted by Gasteiger charge is 2.17. The zero-order valence-electron chi connectivity index (χ0n) is 12.3. The normalized spacial score (nSPS) is 18.3. The number of benzene rings is 1. The van der Waals surface area contributed by atoms with Crippen molar-refractivity contribution in [2.24, 2.45) is 0 Å². The molecule has 1 fully saturated rings. The smallest absolute Gasteiger partial charge is 0.177 e. The van der Waals surface area contributed by atoms with Gasteiger partial charge in [0.2, 0.25) is 0 Å². The Balaban J connectivity index is 2.02. The van der Waals surface area contributed by atoms with Crippen LogP contribution in [0.5, 0.6) is 0 Å². The number of carbonyl (C=O) groups is 1. The molecule has 19 heavy (non-hydrogen) atoms. The number of ketones is 1. The molecule has 0 aromatic heterocycles. The summed E-state index contributed by atoms with van der Waals surface area (Å²) < 4.78 is 0. The monoisotopic (exact) mass is 260 g/mol. The maximum Gasteiger partial charge on any atom is 0.177 e. The first-order valence-corrected chi connectivity index (χ1v) is 7.07. The Hall–Kier alpha value is -1.19. The van der Waals surface area contributed by atoms with Gasteiger partial charge in [-0.3, -0.25) is 9.69 Å². The van der Waals surface area contributed by atoms with Crippen LogP contribution in [-0.2, 0) is 0 Å². The Kier molecular flexibility index (Phi) is 4.72. The van der Waals surface area contributed by atoms with E-state index in [4.69, 9.17) is 0 Å². The number of rotatable bonds is 3. The number of carbonyl (C=O) groups excluding carboxylic acids is 1. The molecular weight excluding hydrogens is 236 g/mol. The first-order chi connectivity index (χ1) is 9.06. The molecular formula is C16H24N2O. The van der Waals surface area contributed by atoms with Gasteiger partial charge in [-0.1, -0.05) is 17.7 Å². The summed E-state index contributed by atoms with van der Waals surface area (Å²) in [4.78, 5) is 17.0. The summed E-state index contributed by atoms with van der Waals surface area (Å²) in [5.41, 5.74) is 3.13. The van der Waals surface area contributed by atoms with E-state index in [9.17, 15) is 4.79 Å². The van der Waals surface area contributed by atoms with Gasteiger partial charge in [0.15, 0.2) is 5.78 Å². The summed E-state index contributed by atoms with van der Waals surface area (Å²) >= 11 is 0. The number of hydrogen-bond acceptors (Lipinski definition) is 3. The van der Waals surface area contributed by atoms with Crippen LogP contribution in [0.15, 0.2) is 18.2 Å². The Morgan fingerprint density at radius 1 is 1.16 bits per heavy atom. The van der Waals surface area contributed by atoms with Gasteiger partial charge in [-0.15, -0.1) is 0 Å². The minimum absolute atomic E-state index is 0.255. The summed E-state index contributed by atoms with van der Waals surface area (Å²) in [5, 5.41) is 0. The highest BCUT2D eigenvalue weighted by Crippen LogP contribution is 2.12. The van der Waals surface area contributed by atoms with Crippen molar-refractivity contribution in [3.8, 4) is 0 Å². The summed E-state index contributed by atoms with van der Waals surface area (Å²) in [6.45, 7) is 8.82. The quantitative estimate of drug-likeness (QED) is 0.778. The molecule has 1 heterocycles. The molecule has 0 saturated carbocycles. The Morgan fingerprint density at radius 3 is 2.74 bits per heavy atom. The molecule has 0 atom stereocenters. The molecule has 0 N–H and O–H groups in total. The highest BCUT2D eigenvalue weighted by atomic mass is 16.1. The molecule has 3 heteroatoms.